The average molecular weight is 342 g/mol. The zero-order valence-electron chi connectivity index (χ0n) is 14.8. The van der Waals surface area contributed by atoms with E-state index >= 15 is 0 Å². The van der Waals surface area contributed by atoms with Gasteiger partial charge in [0.25, 0.3) is 0 Å². The lowest BCUT2D eigenvalue weighted by molar-refractivity contribution is -0.0609. The Kier molecular flexibility index (Phi) is 5.15. The first-order chi connectivity index (χ1) is 12.3. The van der Waals surface area contributed by atoms with Crippen LogP contribution in [0.2, 0.25) is 0 Å². The first kappa shape index (κ1) is 16.8. The molecule has 2 aromatic heterocycles. The highest BCUT2D eigenvalue weighted by atomic mass is 16.5. The quantitative estimate of drug-likeness (QED) is 0.807. The second-order valence-electron chi connectivity index (χ2n) is 7.15. The molecule has 0 amide bonds. The summed E-state index contributed by atoms with van der Waals surface area (Å²) in [5.74, 6) is 1.59. The Morgan fingerprint density at radius 2 is 2.20 bits per heavy atom. The zero-order chi connectivity index (χ0) is 17.1. The molecular formula is C20H26N2O3. The molecule has 0 N–H and O–H groups in total. The second-order valence-corrected chi connectivity index (χ2v) is 7.15. The van der Waals surface area contributed by atoms with E-state index in [2.05, 4.69) is 16.0 Å². The number of furan rings is 1. The van der Waals surface area contributed by atoms with Crippen LogP contribution in [0.25, 0.3) is 0 Å². The van der Waals surface area contributed by atoms with Crippen LogP contribution in [0.15, 0.2) is 41.0 Å². The van der Waals surface area contributed by atoms with Gasteiger partial charge in [-0.3, -0.25) is 9.88 Å². The largest absolute Gasteiger partial charge is 0.468 e. The maximum Gasteiger partial charge on any atom is 0.117 e. The van der Waals surface area contributed by atoms with E-state index in [0.717, 1.165) is 56.3 Å². The third-order valence-electron chi connectivity index (χ3n) is 5.24. The van der Waals surface area contributed by atoms with Gasteiger partial charge in [0.05, 0.1) is 44.4 Å². The molecule has 3 heterocycles. The Morgan fingerprint density at radius 1 is 1.24 bits per heavy atom. The van der Waals surface area contributed by atoms with E-state index in [-0.39, 0.29) is 0 Å². The predicted molar refractivity (Wildman–Crippen MR) is 94.0 cm³/mol. The first-order valence-corrected chi connectivity index (χ1v) is 9.16. The lowest BCUT2D eigenvalue weighted by Gasteiger charge is -2.37. The Bertz CT molecular complexity index is 673. The van der Waals surface area contributed by atoms with Crippen molar-refractivity contribution in [1.29, 1.82) is 0 Å². The van der Waals surface area contributed by atoms with Crippen LogP contribution in [0.5, 0.6) is 0 Å². The molecule has 2 aromatic rings. The summed E-state index contributed by atoms with van der Waals surface area (Å²) in [6.45, 7) is 6.03. The number of nitrogens with zero attached hydrogens (tertiary/aromatic N) is 2. The summed E-state index contributed by atoms with van der Waals surface area (Å²) in [5.41, 5.74) is 2.04. The van der Waals surface area contributed by atoms with Crippen LogP contribution in [0.4, 0.5) is 0 Å². The molecule has 0 spiro atoms. The number of aryl methyl sites for hydroxylation is 1. The van der Waals surface area contributed by atoms with Crippen molar-refractivity contribution >= 4 is 0 Å². The fourth-order valence-electron chi connectivity index (χ4n) is 4.07. The first-order valence-electron chi connectivity index (χ1n) is 9.16. The third kappa shape index (κ3) is 4.11. The molecule has 1 aliphatic heterocycles. The van der Waals surface area contributed by atoms with E-state index in [4.69, 9.17) is 13.9 Å². The predicted octanol–water partition coefficient (Wildman–Crippen LogP) is 3.18. The number of aromatic nitrogens is 1. The van der Waals surface area contributed by atoms with Gasteiger partial charge in [-0.05, 0) is 49.9 Å². The van der Waals surface area contributed by atoms with Crippen LogP contribution in [-0.4, -0.2) is 41.8 Å². The van der Waals surface area contributed by atoms with E-state index in [0.29, 0.717) is 24.7 Å². The van der Waals surface area contributed by atoms with Gasteiger partial charge in [0.2, 0.25) is 0 Å². The van der Waals surface area contributed by atoms with Crippen molar-refractivity contribution in [3.05, 3.63) is 53.7 Å². The van der Waals surface area contributed by atoms with E-state index in [1.807, 2.05) is 31.2 Å². The Balaban J connectivity index is 1.29. The molecule has 0 unspecified atom stereocenters. The molecule has 25 heavy (non-hydrogen) atoms. The second kappa shape index (κ2) is 7.68. The molecule has 0 radical (unpaired) electrons. The normalized spacial score (nSPS) is 26.7. The van der Waals surface area contributed by atoms with Crippen LogP contribution < -0.4 is 0 Å². The maximum atomic E-state index is 6.02. The molecule has 1 saturated heterocycles. The van der Waals surface area contributed by atoms with E-state index in [1.54, 1.807) is 6.26 Å². The summed E-state index contributed by atoms with van der Waals surface area (Å²) in [5, 5.41) is 0. The highest BCUT2D eigenvalue weighted by molar-refractivity contribution is 5.09. The van der Waals surface area contributed by atoms with Crippen LogP contribution in [0.1, 0.15) is 30.0 Å². The van der Waals surface area contributed by atoms with Gasteiger partial charge in [0.1, 0.15) is 5.76 Å². The monoisotopic (exact) mass is 342 g/mol. The van der Waals surface area contributed by atoms with E-state index in [1.165, 1.54) is 0 Å². The van der Waals surface area contributed by atoms with Crippen LogP contribution in [0, 0.1) is 12.8 Å². The average Bonchev–Trinajstić information content (AvgIpc) is 3.25. The topological polar surface area (TPSA) is 47.7 Å². The molecule has 1 saturated carbocycles. The van der Waals surface area contributed by atoms with Gasteiger partial charge in [-0.2, -0.15) is 0 Å². The van der Waals surface area contributed by atoms with Crippen molar-refractivity contribution in [3.8, 4) is 0 Å². The summed E-state index contributed by atoms with van der Waals surface area (Å²) < 4.78 is 17.5. The molecule has 2 aliphatic rings. The smallest absolute Gasteiger partial charge is 0.117 e. The van der Waals surface area contributed by atoms with Gasteiger partial charge in [0.15, 0.2) is 0 Å². The number of rotatable bonds is 6. The summed E-state index contributed by atoms with van der Waals surface area (Å²) in [7, 11) is 0. The number of fused-ring (bicyclic) bond motifs is 1. The minimum atomic E-state index is 0.328. The minimum absolute atomic E-state index is 0.328. The maximum absolute atomic E-state index is 6.02. The highest BCUT2D eigenvalue weighted by Gasteiger charge is 2.41. The molecule has 3 atom stereocenters. The molecule has 5 heteroatoms. The molecule has 0 aromatic carbocycles. The fourth-order valence-corrected chi connectivity index (χ4v) is 4.07. The number of hydrogen-bond acceptors (Lipinski definition) is 5. The Hall–Kier alpha value is -1.69. The van der Waals surface area contributed by atoms with Crippen molar-refractivity contribution in [2.45, 2.75) is 45.1 Å². The van der Waals surface area contributed by atoms with Crippen molar-refractivity contribution in [2.75, 3.05) is 19.8 Å². The van der Waals surface area contributed by atoms with Crippen molar-refractivity contribution in [1.82, 2.24) is 9.88 Å². The van der Waals surface area contributed by atoms with E-state index in [9.17, 15) is 0 Å². The molecular weight excluding hydrogens is 316 g/mol. The van der Waals surface area contributed by atoms with Gasteiger partial charge in [-0.1, -0.05) is 6.07 Å². The van der Waals surface area contributed by atoms with Crippen LogP contribution in [0.3, 0.4) is 0 Å². The molecule has 2 fully saturated rings. The lowest BCUT2D eigenvalue weighted by atomic mass is 10.1. The van der Waals surface area contributed by atoms with Crippen molar-refractivity contribution < 1.29 is 13.9 Å². The molecule has 5 nitrogen and oxygen atoms in total. The number of ether oxygens (including phenoxy) is 2. The Morgan fingerprint density at radius 3 is 3.04 bits per heavy atom. The van der Waals surface area contributed by atoms with Gasteiger partial charge >= 0.3 is 0 Å². The molecule has 1 aliphatic carbocycles. The SMILES string of the molecule is Cc1cccc(COC[C@@H]2C[C@H]3OCCN(Cc4ccco4)[C@H]3C2)n1. The zero-order valence-corrected chi connectivity index (χ0v) is 14.8. The lowest BCUT2D eigenvalue weighted by Crippen LogP contribution is -2.47. The van der Waals surface area contributed by atoms with Gasteiger partial charge in [0, 0.05) is 18.3 Å². The van der Waals surface area contributed by atoms with Crippen molar-refractivity contribution in [2.24, 2.45) is 5.92 Å². The minimum Gasteiger partial charge on any atom is -0.468 e. The van der Waals surface area contributed by atoms with Crippen molar-refractivity contribution in [3.63, 3.8) is 0 Å². The fraction of sp³-hybridized carbons (Fsp3) is 0.550. The summed E-state index contributed by atoms with van der Waals surface area (Å²) in [6.07, 6.45) is 4.29. The van der Waals surface area contributed by atoms with Gasteiger partial charge in [-0.25, -0.2) is 0 Å². The molecule has 0 bridgehead atoms. The molecule has 4 rings (SSSR count). The molecule has 134 valence electrons. The summed E-state index contributed by atoms with van der Waals surface area (Å²) in [4.78, 5) is 7.00. The summed E-state index contributed by atoms with van der Waals surface area (Å²) >= 11 is 0. The highest BCUT2D eigenvalue weighted by Crippen LogP contribution is 2.35. The Labute approximate surface area is 148 Å². The summed E-state index contributed by atoms with van der Waals surface area (Å²) in [6, 6.07) is 10.5. The number of pyridine rings is 1. The van der Waals surface area contributed by atoms with Crippen LogP contribution >= 0.6 is 0 Å². The van der Waals surface area contributed by atoms with Gasteiger partial charge in [-0.15, -0.1) is 0 Å². The van der Waals surface area contributed by atoms with Crippen LogP contribution in [-0.2, 0) is 22.6 Å². The standard InChI is InChI=1S/C20H26N2O3/c1-15-4-2-5-17(21-15)14-23-13-16-10-19-20(11-16)25-9-7-22(19)12-18-6-3-8-24-18/h2-6,8,16,19-20H,7,9-14H2,1H3/t16-,19-,20+/m0/s1. The number of hydrogen-bond donors (Lipinski definition) is 0. The van der Waals surface area contributed by atoms with Gasteiger partial charge < -0.3 is 13.9 Å². The van der Waals surface area contributed by atoms with E-state index < -0.39 is 0 Å². The number of morpholine rings is 1. The third-order valence-corrected chi connectivity index (χ3v) is 5.24.